The van der Waals surface area contributed by atoms with E-state index in [1.54, 1.807) is 6.07 Å². The van der Waals surface area contributed by atoms with Gasteiger partial charge in [-0.15, -0.1) is 36.4 Å². The molecule has 0 N–H and O–H groups in total. The fourth-order valence-corrected chi connectivity index (χ4v) is 13.6. The van der Waals surface area contributed by atoms with Crippen LogP contribution in [0.15, 0.2) is 310 Å². The Bertz CT molecular complexity index is 6240. The first kappa shape index (κ1) is 83.6. The summed E-state index contributed by atoms with van der Waals surface area (Å²) in [4.78, 5) is 0. The molecule has 5 radical (unpaired) electrons. The maximum Gasteiger partial charge on any atom is 0.434 e. The first-order valence-electron chi connectivity index (χ1n) is 34.8. The first-order chi connectivity index (χ1) is 51.5. The van der Waals surface area contributed by atoms with Crippen molar-refractivity contribution in [3.05, 3.63) is 363 Å². The summed E-state index contributed by atoms with van der Waals surface area (Å²) >= 11 is 0. The maximum absolute atomic E-state index is 13.2. The van der Waals surface area contributed by atoms with E-state index in [1.165, 1.54) is 84.1 Å². The zero-order chi connectivity index (χ0) is 73.1. The summed E-state index contributed by atoms with van der Waals surface area (Å²) in [6.07, 6.45) is -2.67. The van der Waals surface area contributed by atoms with Crippen molar-refractivity contribution in [2.24, 2.45) is 0 Å². The zero-order valence-electron chi connectivity index (χ0n) is 60.6. The largest absolute Gasteiger partial charge is 0.434 e. The minimum Gasteiger partial charge on any atom is -0.261 e. The number of fused-ring (bicyclic) bond motifs is 12. The molecule has 565 valence electrons. The van der Waals surface area contributed by atoms with E-state index in [0.717, 1.165) is 73.6 Å². The number of alkyl halides is 3. The monoisotopic (exact) mass is 2350 g/mol. The Balaban J connectivity index is 0.000000147. The van der Waals surface area contributed by atoms with Gasteiger partial charge in [-0.25, -0.2) is 4.39 Å². The van der Waals surface area contributed by atoms with Crippen LogP contribution in [-0.2, 0) is 118 Å². The fraction of sp³-hybridized carbons (Fsp3) is 0.0978. The van der Waals surface area contributed by atoms with Gasteiger partial charge in [-0.2, -0.15) is 148 Å². The van der Waals surface area contributed by atoms with Crippen LogP contribution >= 0.6 is 0 Å². The van der Waals surface area contributed by atoms with Crippen LogP contribution in [0.5, 0.6) is 0 Å². The van der Waals surface area contributed by atoms with Crippen molar-refractivity contribution < 1.29 is 118 Å². The molecule has 0 spiro atoms. The SMILES string of the molecule is CC(C)(C)c1c2c3ccccc3c3ccccc3c2nn1-c1[c-]cccc1.CC(C)(C)c1c2ccccc2nn1-c1[c-]cccc1.Fc1cc[c-]c(-n2nc3ccccc3c2C(F)(F)F)c1.[Ir].[Ir].[Ir].[Ir].[Ir].[c-]1ccccc1-n1nc(-c2ccccc2)c2ccccc21.[c-]1ccccc1-n1ncc2c3ccccc3ccc21. The summed E-state index contributed by atoms with van der Waals surface area (Å²) in [5, 5.41) is 35.3. The molecule has 0 bridgehead atoms. The van der Waals surface area contributed by atoms with Gasteiger partial charge in [0, 0.05) is 155 Å². The summed E-state index contributed by atoms with van der Waals surface area (Å²) in [5.41, 5.74) is 11.9. The summed E-state index contributed by atoms with van der Waals surface area (Å²) in [7, 11) is 0. The van der Waals surface area contributed by atoms with E-state index >= 15 is 0 Å². The molecule has 19 heteroatoms. The number of nitrogens with zero attached hydrogens (tertiary/aromatic N) is 10. The van der Waals surface area contributed by atoms with Crippen LogP contribution in [-0.4, -0.2) is 48.9 Å². The van der Waals surface area contributed by atoms with Crippen molar-refractivity contribution >= 4 is 86.8 Å². The molecular formula is C92H69F4Ir5N10-5. The first-order valence-corrected chi connectivity index (χ1v) is 34.8. The van der Waals surface area contributed by atoms with Gasteiger partial charge in [0.25, 0.3) is 0 Å². The fourth-order valence-electron chi connectivity index (χ4n) is 13.6. The maximum atomic E-state index is 13.2. The topological polar surface area (TPSA) is 89.1 Å². The van der Waals surface area contributed by atoms with E-state index in [0.29, 0.717) is 4.68 Å². The Morgan fingerprint density at radius 3 is 1.25 bits per heavy atom. The number of aromatic nitrogens is 10. The van der Waals surface area contributed by atoms with Crippen LogP contribution in [0, 0.1) is 36.1 Å². The van der Waals surface area contributed by atoms with E-state index in [2.05, 4.69) is 226 Å². The van der Waals surface area contributed by atoms with Gasteiger partial charge in [-0.05, 0) is 79.6 Å². The Kier molecular flexibility index (Phi) is 27.2. The standard InChI is InChI=1S/C25H21N2.C19H13N2.C17H11N2.C17H17N2.C14H7F4N2.5Ir/c1-25(2,3)24-22-20-15-9-7-13-18(20)19-14-8-10-16-21(19)23(22)26-27(24)17-11-5-4-6-12-17;1-3-9-15(10-4-1)19-17-13-7-8-14-18(17)21(20-19)16-11-5-2-6-12-16;1-2-7-14(8-3-1)19-17-11-10-13-6-4-5-9-15(13)16(17)12-18-19;1-17(2,3)16-14-11-7-8-12-15(14)18-19(16)13-9-5-4-6-10-13;15-9-4-3-5-10(8-9)20-13(14(16,17)18)11-6-1-2-7-12(11)19-20;;;;;/h4-11,13-16H,1-3H3;1-11,13-14H;1-7,9-12H;4-9,11-12H,1-3H3;1-4,6-8H;;;;;/q5*-1;;;;;. The van der Waals surface area contributed by atoms with Crippen LogP contribution in [0.4, 0.5) is 17.6 Å². The van der Waals surface area contributed by atoms with E-state index in [4.69, 9.17) is 15.3 Å². The number of rotatable bonds is 6. The average Bonchev–Trinajstić information content (AvgIpc) is 1.58. The molecule has 19 rings (SSSR count). The molecule has 0 aliphatic heterocycles. The van der Waals surface area contributed by atoms with Crippen molar-refractivity contribution in [1.82, 2.24) is 48.9 Å². The van der Waals surface area contributed by atoms with Crippen LogP contribution < -0.4 is 0 Å². The Morgan fingerprint density at radius 1 is 0.306 bits per heavy atom. The van der Waals surface area contributed by atoms with Crippen LogP contribution in [0.2, 0.25) is 0 Å². The second kappa shape index (κ2) is 36.1. The Hall–Kier alpha value is -9.82. The van der Waals surface area contributed by atoms with Gasteiger partial charge in [0.1, 0.15) is 11.2 Å². The molecule has 111 heavy (non-hydrogen) atoms. The molecule has 5 heterocycles. The molecule has 0 saturated heterocycles. The third-order valence-corrected chi connectivity index (χ3v) is 18.2. The van der Waals surface area contributed by atoms with Gasteiger partial charge in [0.2, 0.25) is 0 Å². The van der Waals surface area contributed by atoms with E-state index in [-0.39, 0.29) is 128 Å². The van der Waals surface area contributed by atoms with Crippen molar-refractivity contribution in [2.75, 3.05) is 0 Å². The molecule has 0 saturated carbocycles. The predicted octanol–water partition coefficient (Wildman–Crippen LogP) is 23.0. The molecule has 5 aromatic heterocycles. The van der Waals surface area contributed by atoms with Gasteiger partial charge >= 0.3 is 6.18 Å². The summed E-state index contributed by atoms with van der Waals surface area (Å²) in [6, 6.07) is 113. The van der Waals surface area contributed by atoms with Gasteiger partial charge in [-0.3, -0.25) is 23.4 Å². The van der Waals surface area contributed by atoms with Gasteiger partial charge in [-0.1, -0.05) is 205 Å². The summed E-state index contributed by atoms with van der Waals surface area (Å²) in [6.45, 7) is 13.4. The zero-order valence-corrected chi connectivity index (χ0v) is 72.6. The molecule has 0 atom stereocenters. The third-order valence-electron chi connectivity index (χ3n) is 18.2. The van der Waals surface area contributed by atoms with E-state index < -0.39 is 17.7 Å². The number of hydrogen-bond donors (Lipinski definition) is 0. The average molecular weight is 2350 g/mol. The number of benzene rings is 14. The van der Waals surface area contributed by atoms with Crippen LogP contribution in [0.3, 0.4) is 0 Å². The van der Waals surface area contributed by atoms with Crippen LogP contribution in [0.1, 0.15) is 58.6 Å². The smallest absolute Gasteiger partial charge is 0.261 e. The van der Waals surface area contributed by atoms with Crippen molar-refractivity contribution in [2.45, 2.75) is 58.5 Å². The third kappa shape index (κ3) is 17.6. The number of para-hydroxylation sites is 5. The Morgan fingerprint density at radius 2 is 0.721 bits per heavy atom. The van der Waals surface area contributed by atoms with E-state index in [1.807, 2.05) is 142 Å². The van der Waals surface area contributed by atoms with E-state index in [9.17, 15) is 17.6 Å². The molecule has 0 fully saturated rings. The molecule has 0 amide bonds. The minimum absolute atomic E-state index is 0. The van der Waals surface area contributed by atoms with Crippen molar-refractivity contribution in [1.29, 1.82) is 0 Å². The van der Waals surface area contributed by atoms with Gasteiger partial charge in [0.15, 0.2) is 5.69 Å². The Labute approximate surface area is 708 Å². The molecule has 10 nitrogen and oxygen atoms in total. The molecule has 0 aliphatic carbocycles. The number of halogens is 4. The second-order valence-electron chi connectivity index (χ2n) is 27.4. The van der Waals surface area contributed by atoms with Crippen molar-refractivity contribution in [3.8, 4) is 39.7 Å². The number of hydrogen-bond acceptors (Lipinski definition) is 5. The molecule has 19 aromatic rings. The molecule has 0 aliphatic rings. The quantitative estimate of drug-likeness (QED) is 0.0940. The van der Waals surface area contributed by atoms with Gasteiger partial charge < -0.3 is 0 Å². The van der Waals surface area contributed by atoms with Gasteiger partial charge in [0.05, 0.1) is 39.7 Å². The molecule has 14 aromatic carbocycles. The molecule has 0 unspecified atom stereocenters. The van der Waals surface area contributed by atoms with Crippen molar-refractivity contribution in [3.63, 3.8) is 0 Å². The minimum atomic E-state index is -4.60. The molecular weight excluding hydrogens is 2280 g/mol. The van der Waals surface area contributed by atoms with Crippen LogP contribution in [0.25, 0.3) is 127 Å². The normalized spacial score (nSPS) is 11.2. The second-order valence-corrected chi connectivity index (χ2v) is 27.4. The summed E-state index contributed by atoms with van der Waals surface area (Å²) < 4.78 is 61.6. The summed E-state index contributed by atoms with van der Waals surface area (Å²) in [5.74, 6) is -0.647. The predicted molar refractivity (Wildman–Crippen MR) is 420 cm³/mol.